The first-order valence-corrected chi connectivity index (χ1v) is 6.01. The molecule has 94 valence electrons. The quantitative estimate of drug-likeness (QED) is 0.836. The van der Waals surface area contributed by atoms with E-state index in [-0.39, 0.29) is 11.8 Å². The van der Waals surface area contributed by atoms with Gasteiger partial charge in [0.05, 0.1) is 6.04 Å². The largest absolute Gasteiger partial charge is 0.351 e. The Bertz CT molecular complexity index is 399. The highest BCUT2D eigenvalue weighted by Crippen LogP contribution is 2.10. The summed E-state index contributed by atoms with van der Waals surface area (Å²) in [6, 6.07) is 5.78. The lowest BCUT2D eigenvalue weighted by Crippen LogP contribution is -2.43. The molecule has 17 heavy (non-hydrogen) atoms. The standard InChI is InChI=1S/C14H22N2O/c1-9(2)13(15)14(17)16-8-12-6-5-10(3)7-11(12)4/h5-7,9,13H,8,15H2,1-4H3,(H,16,17)/t13-/m0/s1. The molecule has 3 nitrogen and oxygen atoms in total. The van der Waals surface area contributed by atoms with Crippen molar-refractivity contribution in [3.05, 3.63) is 34.9 Å². The Morgan fingerprint density at radius 3 is 2.53 bits per heavy atom. The van der Waals surface area contributed by atoms with Gasteiger partial charge in [0.1, 0.15) is 0 Å². The van der Waals surface area contributed by atoms with Gasteiger partial charge in [-0.2, -0.15) is 0 Å². The number of rotatable bonds is 4. The van der Waals surface area contributed by atoms with E-state index in [0.717, 1.165) is 5.56 Å². The van der Waals surface area contributed by atoms with Gasteiger partial charge in [-0.05, 0) is 30.9 Å². The number of carbonyl (C=O) groups is 1. The maximum atomic E-state index is 11.7. The number of nitrogens with one attached hydrogen (secondary N) is 1. The van der Waals surface area contributed by atoms with E-state index in [1.807, 2.05) is 19.9 Å². The van der Waals surface area contributed by atoms with Crippen molar-refractivity contribution in [3.63, 3.8) is 0 Å². The van der Waals surface area contributed by atoms with Crippen LogP contribution in [0.2, 0.25) is 0 Å². The second kappa shape index (κ2) is 5.82. The van der Waals surface area contributed by atoms with Gasteiger partial charge in [-0.15, -0.1) is 0 Å². The van der Waals surface area contributed by atoms with Crippen LogP contribution in [0.25, 0.3) is 0 Å². The highest BCUT2D eigenvalue weighted by Gasteiger charge is 2.16. The van der Waals surface area contributed by atoms with E-state index in [1.165, 1.54) is 11.1 Å². The molecule has 1 aromatic rings. The number of carbonyl (C=O) groups excluding carboxylic acids is 1. The number of nitrogens with two attached hydrogens (primary N) is 1. The third-order valence-corrected chi connectivity index (χ3v) is 2.97. The second-order valence-corrected chi connectivity index (χ2v) is 4.92. The monoisotopic (exact) mass is 234 g/mol. The smallest absolute Gasteiger partial charge is 0.237 e. The molecule has 0 aliphatic heterocycles. The van der Waals surface area contributed by atoms with E-state index < -0.39 is 6.04 Å². The second-order valence-electron chi connectivity index (χ2n) is 4.92. The minimum Gasteiger partial charge on any atom is -0.351 e. The molecule has 1 aromatic carbocycles. The van der Waals surface area contributed by atoms with Crippen LogP contribution in [0.3, 0.4) is 0 Å². The fourth-order valence-corrected chi connectivity index (χ4v) is 1.65. The average Bonchev–Trinajstić information content (AvgIpc) is 2.26. The predicted octanol–water partition coefficient (Wildman–Crippen LogP) is 1.90. The Labute approximate surface area is 103 Å². The molecule has 0 radical (unpaired) electrons. The summed E-state index contributed by atoms with van der Waals surface area (Å²) in [6.45, 7) is 8.55. The first kappa shape index (κ1) is 13.7. The Hall–Kier alpha value is -1.35. The topological polar surface area (TPSA) is 55.1 Å². The lowest BCUT2D eigenvalue weighted by atomic mass is 10.0. The van der Waals surface area contributed by atoms with E-state index in [4.69, 9.17) is 5.73 Å². The molecule has 1 amide bonds. The Morgan fingerprint density at radius 2 is 2.00 bits per heavy atom. The van der Waals surface area contributed by atoms with Crippen LogP contribution in [-0.2, 0) is 11.3 Å². The number of hydrogen-bond donors (Lipinski definition) is 2. The van der Waals surface area contributed by atoms with Gasteiger partial charge in [-0.1, -0.05) is 37.6 Å². The molecule has 1 rings (SSSR count). The highest BCUT2D eigenvalue weighted by molar-refractivity contribution is 5.81. The first-order chi connectivity index (χ1) is 7.91. The summed E-state index contributed by atoms with van der Waals surface area (Å²) in [5, 5.41) is 2.88. The molecule has 0 spiro atoms. The van der Waals surface area contributed by atoms with Crippen LogP contribution < -0.4 is 11.1 Å². The van der Waals surface area contributed by atoms with E-state index >= 15 is 0 Å². The maximum Gasteiger partial charge on any atom is 0.237 e. The van der Waals surface area contributed by atoms with Crippen LogP contribution >= 0.6 is 0 Å². The molecule has 0 unspecified atom stereocenters. The summed E-state index contributed by atoms with van der Waals surface area (Å²) < 4.78 is 0. The zero-order valence-electron chi connectivity index (χ0n) is 11.1. The summed E-state index contributed by atoms with van der Waals surface area (Å²) in [4.78, 5) is 11.7. The van der Waals surface area contributed by atoms with Crippen LogP contribution in [0, 0.1) is 19.8 Å². The molecule has 0 aliphatic rings. The van der Waals surface area contributed by atoms with Crippen molar-refractivity contribution in [2.24, 2.45) is 11.7 Å². The van der Waals surface area contributed by atoms with Gasteiger partial charge < -0.3 is 11.1 Å². The lowest BCUT2D eigenvalue weighted by Gasteiger charge is -2.16. The average molecular weight is 234 g/mol. The first-order valence-electron chi connectivity index (χ1n) is 6.01. The lowest BCUT2D eigenvalue weighted by molar-refractivity contribution is -0.123. The zero-order chi connectivity index (χ0) is 13.0. The summed E-state index contributed by atoms with van der Waals surface area (Å²) in [5.74, 6) is 0.0779. The number of hydrogen-bond acceptors (Lipinski definition) is 2. The van der Waals surface area contributed by atoms with Crippen LogP contribution in [0.1, 0.15) is 30.5 Å². The van der Waals surface area contributed by atoms with Gasteiger partial charge in [0.15, 0.2) is 0 Å². The number of benzene rings is 1. The minimum absolute atomic E-state index is 0.0834. The van der Waals surface area contributed by atoms with Crippen molar-refractivity contribution in [1.29, 1.82) is 0 Å². The molecular formula is C14H22N2O. The van der Waals surface area contributed by atoms with Gasteiger partial charge in [-0.25, -0.2) is 0 Å². The van der Waals surface area contributed by atoms with Crippen molar-refractivity contribution in [3.8, 4) is 0 Å². The van der Waals surface area contributed by atoms with Crippen molar-refractivity contribution >= 4 is 5.91 Å². The van der Waals surface area contributed by atoms with Gasteiger partial charge in [0.2, 0.25) is 5.91 Å². The minimum atomic E-state index is -0.430. The third kappa shape index (κ3) is 3.86. The summed E-state index contributed by atoms with van der Waals surface area (Å²) in [5.41, 5.74) is 9.34. The molecule has 0 bridgehead atoms. The Balaban J connectivity index is 2.59. The van der Waals surface area contributed by atoms with Crippen LogP contribution in [0.4, 0.5) is 0 Å². The maximum absolute atomic E-state index is 11.7. The van der Waals surface area contributed by atoms with Gasteiger partial charge in [0, 0.05) is 6.54 Å². The molecule has 0 fully saturated rings. The van der Waals surface area contributed by atoms with E-state index in [2.05, 4.69) is 31.3 Å². The molecule has 0 saturated heterocycles. The van der Waals surface area contributed by atoms with E-state index in [9.17, 15) is 4.79 Å². The SMILES string of the molecule is Cc1ccc(CNC(=O)[C@@H](N)C(C)C)c(C)c1. The summed E-state index contributed by atoms with van der Waals surface area (Å²) in [7, 11) is 0. The fraction of sp³-hybridized carbons (Fsp3) is 0.500. The van der Waals surface area contributed by atoms with Gasteiger partial charge >= 0.3 is 0 Å². The van der Waals surface area contributed by atoms with E-state index in [0.29, 0.717) is 6.54 Å². The Kier molecular flexibility index (Phi) is 4.70. The summed E-state index contributed by atoms with van der Waals surface area (Å²) >= 11 is 0. The molecule has 0 aromatic heterocycles. The van der Waals surface area contributed by atoms with Gasteiger partial charge in [-0.3, -0.25) is 4.79 Å². The third-order valence-electron chi connectivity index (χ3n) is 2.97. The summed E-state index contributed by atoms with van der Waals surface area (Å²) in [6.07, 6.45) is 0. The van der Waals surface area contributed by atoms with Crippen LogP contribution in [0.15, 0.2) is 18.2 Å². The Morgan fingerprint density at radius 1 is 1.35 bits per heavy atom. The highest BCUT2D eigenvalue weighted by atomic mass is 16.2. The van der Waals surface area contributed by atoms with Crippen LogP contribution in [-0.4, -0.2) is 11.9 Å². The van der Waals surface area contributed by atoms with Crippen LogP contribution in [0.5, 0.6) is 0 Å². The number of aryl methyl sites for hydroxylation is 2. The van der Waals surface area contributed by atoms with E-state index in [1.54, 1.807) is 0 Å². The van der Waals surface area contributed by atoms with Crippen molar-refractivity contribution in [1.82, 2.24) is 5.32 Å². The molecule has 0 aliphatic carbocycles. The fourth-order valence-electron chi connectivity index (χ4n) is 1.65. The molecule has 1 atom stereocenters. The molecule has 3 heteroatoms. The van der Waals surface area contributed by atoms with Gasteiger partial charge in [0.25, 0.3) is 0 Å². The van der Waals surface area contributed by atoms with Crippen molar-refractivity contribution in [2.75, 3.05) is 0 Å². The molecule has 3 N–H and O–H groups in total. The molecular weight excluding hydrogens is 212 g/mol. The van der Waals surface area contributed by atoms with Crippen molar-refractivity contribution in [2.45, 2.75) is 40.3 Å². The van der Waals surface area contributed by atoms with Crippen molar-refractivity contribution < 1.29 is 4.79 Å². The molecule has 0 saturated carbocycles. The predicted molar refractivity (Wildman–Crippen MR) is 70.6 cm³/mol. The number of amides is 1. The normalized spacial score (nSPS) is 12.6. The molecule has 0 heterocycles. The zero-order valence-corrected chi connectivity index (χ0v) is 11.1.